The van der Waals surface area contributed by atoms with Gasteiger partial charge < -0.3 is 10.6 Å². The summed E-state index contributed by atoms with van der Waals surface area (Å²) in [5.41, 5.74) is 0.204. The van der Waals surface area contributed by atoms with E-state index in [2.05, 4.69) is 53.3 Å². The molecular weight excluding hydrogens is 250 g/mol. The van der Waals surface area contributed by atoms with Crippen molar-refractivity contribution in [2.75, 3.05) is 23.7 Å². The molecule has 0 aliphatic heterocycles. The first-order chi connectivity index (χ1) is 8.46. The lowest BCUT2D eigenvalue weighted by molar-refractivity contribution is 0.376. The van der Waals surface area contributed by atoms with Gasteiger partial charge in [0, 0.05) is 13.1 Å². The fraction of sp³-hybridized carbons (Fsp3) is 0.750. The minimum absolute atomic E-state index is 0.204. The van der Waals surface area contributed by atoms with Gasteiger partial charge in [0.15, 0.2) is 0 Å². The molecule has 0 bridgehead atoms. The van der Waals surface area contributed by atoms with E-state index in [-0.39, 0.29) is 10.7 Å². The van der Waals surface area contributed by atoms with E-state index in [4.69, 9.17) is 11.6 Å². The molecule has 1 aromatic rings. The van der Waals surface area contributed by atoms with Crippen molar-refractivity contribution in [3.05, 3.63) is 5.28 Å². The molecule has 0 saturated heterocycles. The number of rotatable bonds is 7. The van der Waals surface area contributed by atoms with Gasteiger partial charge in [0.1, 0.15) is 0 Å². The van der Waals surface area contributed by atoms with Crippen molar-refractivity contribution < 1.29 is 0 Å². The second-order valence-corrected chi connectivity index (χ2v) is 5.39. The third-order valence-electron chi connectivity index (χ3n) is 2.82. The normalized spacial score (nSPS) is 11.4. The molecule has 0 unspecified atom stereocenters. The van der Waals surface area contributed by atoms with Crippen LogP contribution in [0.15, 0.2) is 0 Å². The molecule has 0 atom stereocenters. The number of halogens is 1. The Hall–Kier alpha value is -1.10. The van der Waals surface area contributed by atoms with Gasteiger partial charge in [-0.2, -0.15) is 15.0 Å². The van der Waals surface area contributed by atoms with Crippen LogP contribution < -0.4 is 10.6 Å². The predicted molar refractivity (Wildman–Crippen MR) is 76.2 cm³/mol. The molecule has 102 valence electrons. The summed E-state index contributed by atoms with van der Waals surface area (Å²) in [7, 11) is 0. The highest BCUT2D eigenvalue weighted by Crippen LogP contribution is 2.20. The third-order valence-corrected chi connectivity index (χ3v) is 2.99. The SMILES string of the molecule is CCCNc1nc(Cl)nc(NCC(C)(C)CC)n1. The summed E-state index contributed by atoms with van der Waals surface area (Å²) in [6.07, 6.45) is 2.09. The van der Waals surface area contributed by atoms with E-state index in [1.54, 1.807) is 0 Å². The van der Waals surface area contributed by atoms with E-state index < -0.39 is 0 Å². The minimum atomic E-state index is 0.204. The van der Waals surface area contributed by atoms with Crippen LogP contribution in [0.5, 0.6) is 0 Å². The Labute approximate surface area is 114 Å². The molecule has 1 heterocycles. The number of hydrogen-bond donors (Lipinski definition) is 2. The number of hydrogen-bond acceptors (Lipinski definition) is 5. The highest BCUT2D eigenvalue weighted by atomic mass is 35.5. The van der Waals surface area contributed by atoms with Crippen LogP contribution in [0.2, 0.25) is 5.28 Å². The second-order valence-electron chi connectivity index (χ2n) is 5.05. The Bertz CT molecular complexity index is 381. The maximum Gasteiger partial charge on any atom is 0.228 e. The maximum atomic E-state index is 5.87. The van der Waals surface area contributed by atoms with Gasteiger partial charge in [-0.05, 0) is 29.9 Å². The zero-order valence-electron chi connectivity index (χ0n) is 11.5. The number of nitrogens with zero attached hydrogens (tertiary/aromatic N) is 3. The Morgan fingerprint density at radius 3 is 2.22 bits per heavy atom. The highest BCUT2D eigenvalue weighted by Gasteiger charge is 2.15. The van der Waals surface area contributed by atoms with Gasteiger partial charge in [-0.3, -0.25) is 0 Å². The average Bonchev–Trinajstić information content (AvgIpc) is 2.33. The largest absolute Gasteiger partial charge is 0.354 e. The van der Waals surface area contributed by atoms with Crippen molar-refractivity contribution in [1.82, 2.24) is 15.0 Å². The molecule has 0 aliphatic carbocycles. The van der Waals surface area contributed by atoms with Crippen molar-refractivity contribution in [3.8, 4) is 0 Å². The molecule has 1 aromatic heterocycles. The first-order valence-electron chi connectivity index (χ1n) is 6.36. The van der Waals surface area contributed by atoms with Crippen molar-refractivity contribution in [3.63, 3.8) is 0 Å². The lowest BCUT2D eigenvalue weighted by Crippen LogP contribution is -2.23. The van der Waals surface area contributed by atoms with Crippen molar-refractivity contribution >= 4 is 23.5 Å². The summed E-state index contributed by atoms with van der Waals surface area (Å²) in [5, 5.41) is 6.52. The molecule has 1 rings (SSSR count). The smallest absolute Gasteiger partial charge is 0.228 e. The molecule has 0 fully saturated rings. The first kappa shape index (κ1) is 15.0. The van der Waals surface area contributed by atoms with Crippen LogP contribution in [0.3, 0.4) is 0 Å². The van der Waals surface area contributed by atoms with E-state index in [0.717, 1.165) is 25.9 Å². The monoisotopic (exact) mass is 271 g/mol. The Morgan fingerprint density at radius 2 is 1.67 bits per heavy atom. The van der Waals surface area contributed by atoms with Crippen LogP contribution in [0.25, 0.3) is 0 Å². The van der Waals surface area contributed by atoms with Crippen molar-refractivity contribution in [2.45, 2.75) is 40.5 Å². The van der Waals surface area contributed by atoms with Gasteiger partial charge in [-0.25, -0.2) is 0 Å². The highest BCUT2D eigenvalue weighted by molar-refractivity contribution is 6.28. The summed E-state index contributed by atoms with van der Waals surface area (Å²) in [6, 6.07) is 0. The van der Waals surface area contributed by atoms with Crippen LogP contribution in [0.1, 0.15) is 40.5 Å². The lowest BCUT2D eigenvalue weighted by atomic mass is 9.90. The summed E-state index contributed by atoms with van der Waals surface area (Å²) in [4.78, 5) is 12.4. The van der Waals surface area contributed by atoms with Gasteiger partial charge in [-0.1, -0.05) is 27.7 Å². The standard InChI is InChI=1S/C12H22ClN5/c1-5-7-14-10-16-9(13)17-11(18-10)15-8-12(3,4)6-2/h5-8H2,1-4H3,(H2,14,15,16,17,18). The zero-order chi connectivity index (χ0) is 13.6. The molecule has 18 heavy (non-hydrogen) atoms. The lowest BCUT2D eigenvalue weighted by Gasteiger charge is -2.22. The van der Waals surface area contributed by atoms with Crippen LogP contribution in [0, 0.1) is 5.41 Å². The molecule has 0 amide bonds. The van der Waals surface area contributed by atoms with Gasteiger partial charge >= 0.3 is 0 Å². The second kappa shape index (κ2) is 6.73. The molecule has 2 N–H and O–H groups in total. The van der Waals surface area contributed by atoms with Gasteiger partial charge in [0.05, 0.1) is 0 Å². The van der Waals surface area contributed by atoms with E-state index in [1.807, 2.05) is 0 Å². The van der Waals surface area contributed by atoms with E-state index >= 15 is 0 Å². The third kappa shape index (κ3) is 5.04. The van der Waals surface area contributed by atoms with Gasteiger partial charge in [-0.15, -0.1) is 0 Å². The molecular formula is C12H22ClN5. The topological polar surface area (TPSA) is 62.7 Å². The molecule has 0 saturated carbocycles. The fourth-order valence-electron chi connectivity index (χ4n) is 1.19. The number of aromatic nitrogens is 3. The van der Waals surface area contributed by atoms with Crippen molar-refractivity contribution in [2.24, 2.45) is 5.41 Å². The molecule has 0 radical (unpaired) electrons. The molecule has 0 aliphatic rings. The summed E-state index contributed by atoms with van der Waals surface area (Å²) in [6.45, 7) is 10.3. The summed E-state index contributed by atoms with van der Waals surface area (Å²) < 4.78 is 0. The fourth-order valence-corrected chi connectivity index (χ4v) is 1.35. The van der Waals surface area contributed by atoms with E-state index in [1.165, 1.54) is 0 Å². The van der Waals surface area contributed by atoms with Crippen LogP contribution in [0.4, 0.5) is 11.9 Å². The van der Waals surface area contributed by atoms with E-state index in [9.17, 15) is 0 Å². The predicted octanol–water partition coefficient (Wildman–Crippen LogP) is 3.20. The minimum Gasteiger partial charge on any atom is -0.354 e. The molecule has 6 heteroatoms. The van der Waals surface area contributed by atoms with Gasteiger partial charge in [0.2, 0.25) is 17.2 Å². The van der Waals surface area contributed by atoms with E-state index in [0.29, 0.717) is 11.9 Å². The van der Waals surface area contributed by atoms with Crippen LogP contribution in [-0.4, -0.2) is 28.0 Å². The molecule has 0 aromatic carbocycles. The van der Waals surface area contributed by atoms with Crippen LogP contribution in [-0.2, 0) is 0 Å². The summed E-state index contributed by atoms with van der Waals surface area (Å²) in [5.74, 6) is 1.05. The zero-order valence-corrected chi connectivity index (χ0v) is 12.3. The Balaban J connectivity index is 2.68. The summed E-state index contributed by atoms with van der Waals surface area (Å²) >= 11 is 5.87. The van der Waals surface area contributed by atoms with Crippen LogP contribution >= 0.6 is 11.6 Å². The quantitative estimate of drug-likeness (QED) is 0.797. The van der Waals surface area contributed by atoms with Crippen molar-refractivity contribution in [1.29, 1.82) is 0 Å². The Kier molecular flexibility index (Phi) is 5.59. The molecule has 5 nitrogen and oxygen atoms in total. The van der Waals surface area contributed by atoms with Gasteiger partial charge in [0.25, 0.3) is 0 Å². The number of nitrogens with one attached hydrogen (secondary N) is 2. The maximum absolute atomic E-state index is 5.87. The average molecular weight is 272 g/mol. The molecule has 0 spiro atoms. The first-order valence-corrected chi connectivity index (χ1v) is 6.74. The Morgan fingerprint density at radius 1 is 1.06 bits per heavy atom. The number of anilines is 2.